The Labute approximate surface area is 122 Å². The van der Waals surface area contributed by atoms with Crippen LogP contribution >= 0.6 is 0 Å². The molecular weight excluding hydrogens is 274 g/mol. The molecule has 21 heavy (non-hydrogen) atoms. The minimum atomic E-state index is -0.827. The maximum absolute atomic E-state index is 11.7. The smallest absolute Gasteiger partial charge is 0.330 e. The first kappa shape index (κ1) is 16.4. The van der Waals surface area contributed by atoms with Gasteiger partial charge in [-0.05, 0) is 5.56 Å². The summed E-state index contributed by atoms with van der Waals surface area (Å²) >= 11 is 0. The average Bonchev–Trinajstić information content (AvgIpc) is 2.52. The lowest BCUT2D eigenvalue weighted by Gasteiger charge is -2.15. The normalized spacial score (nSPS) is 11.7. The molecule has 0 radical (unpaired) electrons. The third kappa shape index (κ3) is 5.90. The lowest BCUT2D eigenvalue weighted by Crippen LogP contribution is -2.42. The Hall–Kier alpha value is -2.63. The molecular formula is C15H17NO5. The van der Waals surface area contributed by atoms with Crippen molar-refractivity contribution < 1.29 is 23.9 Å². The van der Waals surface area contributed by atoms with Crippen molar-refractivity contribution in [3.63, 3.8) is 0 Å². The molecule has 0 saturated heterocycles. The number of nitrogens with one attached hydrogen (secondary N) is 1. The van der Waals surface area contributed by atoms with Gasteiger partial charge in [0.15, 0.2) is 0 Å². The fourth-order valence-corrected chi connectivity index (χ4v) is 1.62. The van der Waals surface area contributed by atoms with Crippen molar-refractivity contribution in [2.24, 2.45) is 0 Å². The molecule has 0 aliphatic carbocycles. The van der Waals surface area contributed by atoms with Crippen LogP contribution in [0.1, 0.15) is 5.56 Å². The van der Waals surface area contributed by atoms with Gasteiger partial charge in [0.25, 0.3) is 0 Å². The van der Waals surface area contributed by atoms with Gasteiger partial charge in [0, 0.05) is 18.6 Å². The highest BCUT2D eigenvalue weighted by Gasteiger charge is 2.21. The Bertz CT molecular complexity index is 524. The molecule has 1 amide bonds. The molecule has 0 heterocycles. The summed E-state index contributed by atoms with van der Waals surface area (Å²) in [6.45, 7) is 0. The molecule has 6 heteroatoms. The summed E-state index contributed by atoms with van der Waals surface area (Å²) < 4.78 is 9.04. The molecule has 0 saturated carbocycles. The van der Waals surface area contributed by atoms with E-state index in [2.05, 4.69) is 14.8 Å². The van der Waals surface area contributed by atoms with E-state index in [1.807, 2.05) is 30.3 Å². The number of benzene rings is 1. The highest BCUT2D eigenvalue weighted by molar-refractivity contribution is 5.96. The summed E-state index contributed by atoms with van der Waals surface area (Å²) in [7, 11) is 2.45. The molecule has 0 spiro atoms. The largest absolute Gasteiger partial charge is 0.467 e. The van der Waals surface area contributed by atoms with Gasteiger partial charge in [-0.15, -0.1) is 0 Å². The van der Waals surface area contributed by atoms with Gasteiger partial charge in [-0.1, -0.05) is 30.3 Å². The van der Waals surface area contributed by atoms with Gasteiger partial charge in [0.1, 0.15) is 6.04 Å². The molecule has 1 aromatic rings. The van der Waals surface area contributed by atoms with Gasteiger partial charge in [-0.25, -0.2) is 9.59 Å². The Kier molecular flexibility index (Phi) is 6.67. The zero-order valence-electron chi connectivity index (χ0n) is 11.9. The van der Waals surface area contributed by atoms with Crippen LogP contribution in [0.2, 0.25) is 0 Å². The van der Waals surface area contributed by atoms with Crippen LogP contribution < -0.4 is 5.32 Å². The Morgan fingerprint density at radius 3 is 2.33 bits per heavy atom. The van der Waals surface area contributed by atoms with Crippen LogP contribution in [0.15, 0.2) is 42.5 Å². The molecule has 1 N–H and O–H groups in total. The van der Waals surface area contributed by atoms with Crippen molar-refractivity contribution in [1.29, 1.82) is 0 Å². The summed E-state index contributed by atoms with van der Waals surface area (Å²) in [5.41, 5.74) is 0.880. The summed E-state index contributed by atoms with van der Waals surface area (Å²) in [5.74, 6) is -1.78. The Balaban J connectivity index is 2.70. The molecule has 0 fully saturated rings. The minimum absolute atomic E-state index is 0.297. The third-order valence-corrected chi connectivity index (χ3v) is 2.66. The lowest BCUT2D eigenvalue weighted by atomic mass is 10.1. The summed E-state index contributed by atoms with van der Waals surface area (Å²) in [6.07, 6.45) is 2.28. The number of carbonyl (C=O) groups is 3. The van der Waals surface area contributed by atoms with Gasteiger partial charge < -0.3 is 14.8 Å². The third-order valence-electron chi connectivity index (χ3n) is 2.66. The second-order valence-electron chi connectivity index (χ2n) is 4.13. The lowest BCUT2D eigenvalue weighted by molar-refractivity contribution is -0.144. The van der Waals surface area contributed by atoms with E-state index in [0.717, 1.165) is 17.7 Å². The van der Waals surface area contributed by atoms with Crippen LogP contribution in [0.3, 0.4) is 0 Å². The van der Waals surface area contributed by atoms with E-state index in [1.165, 1.54) is 14.2 Å². The average molecular weight is 291 g/mol. The Morgan fingerprint density at radius 1 is 1.10 bits per heavy atom. The van der Waals surface area contributed by atoms with Gasteiger partial charge in [-0.2, -0.15) is 0 Å². The molecule has 1 unspecified atom stereocenters. The second kappa shape index (κ2) is 8.52. The number of hydrogen-bond acceptors (Lipinski definition) is 5. The quantitative estimate of drug-likeness (QED) is 0.613. The molecule has 1 aromatic carbocycles. The molecule has 1 rings (SSSR count). The summed E-state index contributed by atoms with van der Waals surface area (Å²) in [6, 6.07) is 8.38. The fraction of sp³-hybridized carbons (Fsp3) is 0.267. The summed E-state index contributed by atoms with van der Waals surface area (Å²) in [5, 5.41) is 2.49. The van der Waals surface area contributed by atoms with Crippen LogP contribution in [0, 0.1) is 0 Å². The zero-order valence-corrected chi connectivity index (χ0v) is 11.9. The molecule has 6 nitrogen and oxygen atoms in total. The maximum atomic E-state index is 11.7. The van der Waals surface area contributed by atoms with E-state index < -0.39 is 23.9 Å². The van der Waals surface area contributed by atoms with Crippen molar-refractivity contribution in [3.05, 3.63) is 48.0 Å². The topological polar surface area (TPSA) is 81.7 Å². The van der Waals surface area contributed by atoms with Gasteiger partial charge in [-0.3, -0.25) is 4.79 Å². The number of rotatable bonds is 6. The monoisotopic (exact) mass is 291 g/mol. The number of hydrogen-bond donors (Lipinski definition) is 1. The molecule has 1 atom stereocenters. The van der Waals surface area contributed by atoms with Crippen LogP contribution in [-0.4, -0.2) is 38.1 Å². The van der Waals surface area contributed by atoms with Crippen molar-refractivity contribution in [3.8, 4) is 0 Å². The predicted molar refractivity (Wildman–Crippen MR) is 75.2 cm³/mol. The first-order valence-electron chi connectivity index (χ1n) is 6.25. The van der Waals surface area contributed by atoms with Gasteiger partial charge in [0.05, 0.1) is 14.2 Å². The van der Waals surface area contributed by atoms with Gasteiger partial charge in [0.2, 0.25) is 5.91 Å². The van der Waals surface area contributed by atoms with Crippen LogP contribution in [0.5, 0.6) is 0 Å². The standard InChI is InChI=1S/C15H17NO5/c1-20-14(18)9-8-13(17)16-12(15(19)21-2)10-11-6-4-3-5-7-11/h3-9,12H,10H2,1-2H3,(H,16,17). The molecule has 0 bridgehead atoms. The molecule has 0 aliphatic rings. The van der Waals surface area contributed by atoms with E-state index in [0.29, 0.717) is 6.42 Å². The van der Waals surface area contributed by atoms with Crippen molar-refractivity contribution >= 4 is 17.8 Å². The maximum Gasteiger partial charge on any atom is 0.330 e. The van der Waals surface area contributed by atoms with E-state index in [-0.39, 0.29) is 0 Å². The Morgan fingerprint density at radius 2 is 1.76 bits per heavy atom. The van der Waals surface area contributed by atoms with Crippen molar-refractivity contribution in [2.75, 3.05) is 14.2 Å². The van der Waals surface area contributed by atoms with E-state index >= 15 is 0 Å². The fourth-order valence-electron chi connectivity index (χ4n) is 1.62. The zero-order chi connectivity index (χ0) is 15.7. The van der Waals surface area contributed by atoms with Crippen LogP contribution in [0.25, 0.3) is 0 Å². The second-order valence-corrected chi connectivity index (χ2v) is 4.13. The minimum Gasteiger partial charge on any atom is -0.467 e. The number of esters is 2. The van der Waals surface area contributed by atoms with Gasteiger partial charge >= 0.3 is 11.9 Å². The van der Waals surface area contributed by atoms with E-state index in [4.69, 9.17) is 0 Å². The van der Waals surface area contributed by atoms with E-state index in [1.54, 1.807) is 0 Å². The first-order chi connectivity index (χ1) is 10.1. The number of carbonyl (C=O) groups excluding carboxylic acids is 3. The molecule has 0 aliphatic heterocycles. The molecule has 112 valence electrons. The van der Waals surface area contributed by atoms with Crippen molar-refractivity contribution in [1.82, 2.24) is 5.32 Å². The number of ether oxygens (including phenoxy) is 2. The number of amides is 1. The highest BCUT2D eigenvalue weighted by atomic mass is 16.5. The summed E-state index contributed by atoms with van der Waals surface area (Å²) in [4.78, 5) is 34.3. The SMILES string of the molecule is COC(=O)C=CC(=O)NC(Cc1ccccc1)C(=O)OC. The molecule has 0 aromatic heterocycles. The number of methoxy groups -OCH3 is 2. The van der Waals surface area contributed by atoms with Crippen LogP contribution in [-0.2, 0) is 30.3 Å². The van der Waals surface area contributed by atoms with Crippen molar-refractivity contribution in [2.45, 2.75) is 12.5 Å². The highest BCUT2D eigenvalue weighted by Crippen LogP contribution is 2.04. The van der Waals surface area contributed by atoms with E-state index in [9.17, 15) is 14.4 Å². The predicted octanol–water partition coefficient (Wildman–Crippen LogP) is 0.616. The van der Waals surface area contributed by atoms with Crippen LogP contribution in [0.4, 0.5) is 0 Å². The first-order valence-corrected chi connectivity index (χ1v) is 6.25.